The molecule has 1 saturated carbocycles. The van der Waals surface area contributed by atoms with E-state index in [1.807, 2.05) is 0 Å². The summed E-state index contributed by atoms with van der Waals surface area (Å²) in [5.41, 5.74) is 0.980. The Morgan fingerprint density at radius 2 is 2.08 bits per heavy atom. The number of likely N-dealkylation sites (tertiary alicyclic amines) is 1. The van der Waals surface area contributed by atoms with Crippen molar-refractivity contribution < 1.29 is 19.1 Å². The molecule has 38 heavy (non-hydrogen) atoms. The highest BCUT2D eigenvalue weighted by Gasteiger charge is 2.49. The highest BCUT2D eigenvalue weighted by molar-refractivity contribution is 6.33. The van der Waals surface area contributed by atoms with Crippen molar-refractivity contribution in [2.75, 3.05) is 20.2 Å². The lowest BCUT2D eigenvalue weighted by Gasteiger charge is -2.32. The van der Waals surface area contributed by atoms with Crippen LogP contribution in [-0.2, 0) is 9.59 Å². The van der Waals surface area contributed by atoms with Crippen molar-refractivity contribution in [3.63, 3.8) is 0 Å². The second kappa shape index (κ2) is 10.9. The molecule has 5 rings (SSSR count). The number of piperidine rings is 1. The van der Waals surface area contributed by atoms with E-state index in [0.29, 0.717) is 47.8 Å². The molecule has 1 aromatic carbocycles. The number of carbonyl (C=O) groups excluding carboxylic acids is 3. The van der Waals surface area contributed by atoms with E-state index in [0.717, 1.165) is 44.0 Å². The Hall–Kier alpha value is -3.25. The molecule has 1 unspecified atom stereocenters. The first-order valence-corrected chi connectivity index (χ1v) is 13.9. The lowest BCUT2D eigenvalue weighted by atomic mass is 9.72. The molecule has 2 aliphatic heterocycles. The van der Waals surface area contributed by atoms with Crippen molar-refractivity contribution in [1.29, 1.82) is 5.26 Å². The largest absolute Gasteiger partial charge is 0.494 e. The summed E-state index contributed by atoms with van der Waals surface area (Å²) >= 11 is 6.28. The van der Waals surface area contributed by atoms with Crippen LogP contribution in [0.2, 0.25) is 5.02 Å². The van der Waals surface area contributed by atoms with Gasteiger partial charge in [0.1, 0.15) is 23.5 Å². The molecule has 1 spiro atoms. The van der Waals surface area contributed by atoms with Crippen LogP contribution in [0.5, 0.6) is 5.75 Å². The Morgan fingerprint density at radius 3 is 2.79 bits per heavy atom. The highest BCUT2D eigenvalue weighted by atomic mass is 35.5. The molecule has 0 bridgehead atoms. The van der Waals surface area contributed by atoms with E-state index in [9.17, 15) is 19.6 Å². The first-order valence-electron chi connectivity index (χ1n) is 13.5. The van der Waals surface area contributed by atoms with Gasteiger partial charge in [0, 0.05) is 29.9 Å². The Balaban J connectivity index is 1.39. The number of aromatic nitrogens is 1. The second-order valence-corrected chi connectivity index (χ2v) is 11.4. The summed E-state index contributed by atoms with van der Waals surface area (Å²) in [6.07, 6.45) is 7.66. The fourth-order valence-electron chi connectivity index (χ4n) is 6.55. The number of amides is 3. The number of aromatic amines is 1. The molecule has 1 aromatic heterocycles. The maximum absolute atomic E-state index is 13.9. The molecule has 2 saturated heterocycles. The number of hydrogen-bond donors (Lipinski definition) is 3. The number of nitrogens with one attached hydrogen (secondary N) is 3. The van der Waals surface area contributed by atoms with Gasteiger partial charge in [-0.15, -0.1) is 0 Å². The monoisotopic (exact) mass is 539 g/mol. The van der Waals surface area contributed by atoms with Gasteiger partial charge < -0.3 is 25.3 Å². The van der Waals surface area contributed by atoms with Crippen molar-refractivity contribution in [3.8, 4) is 11.8 Å². The average Bonchev–Trinajstić information content (AvgIpc) is 3.52. The molecule has 10 heteroatoms. The molecule has 0 radical (unpaired) electrons. The number of nitrogens with zero attached hydrogens (tertiary/aromatic N) is 2. The number of hydrogen-bond acceptors (Lipinski definition) is 5. The summed E-state index contributed by atoms with van der Waals surface area (Å²) in [6, 6.07) is 5.91. The molecule has 3 N–H and O–H groups in total. The number of nitriles is 1. The highest BCUT2D eigenvalue weighted by Crippen LogP contribution is 2.47. The van der Waals surface area contributed by atoms with Gasteiger partial charge in [-0.2, -0.15) is 5.26 Å². The molecule has 3 heterocycles. The van der Waals surface area contributed by atoms with Crippen molar-refractivity contribution in [3.05, 3.63) is 28.9 Å². The number of methoxy groups -OCH3 is 1. The van der Waals surface area contributed by atoms with Crippen molar-refractivity contribution in [1.82, 2.24) is 20.5 Å². The second-order valence-electron chi connectivity index (χ2n) is 11.0. The number of carbonyl (C=O) groups is 3. The number of H-pyrrole nitrogens is 1. The van der Waals surface area contributed by atoms with Gasteiger partial charge >= 0.3 is 0 Å². The SMILES string of the molecule is COc1c(Cl)ccc2[nH]c(C(=O)N3CC4(CCCCC4)CC3C(=O)N[C@H](C#N)C[C@@H]3CCCNC3=O)cc12. The standard InChI is InChI=1S/C28H34ClN5O4/c1-38-24-19-13-22(33-21(19)8-7-20(24)29)27(37)34-16-28(9-3-2-4-10-28)14-23(34)26(36)32-18(15-30)12-17-6-5-11-31-25(17)35/h7-8,13,17-18,23,33H,2-6,9-12,14,16H2,1H3,(H,31,35)(H,32,36)/t17-,18-,23?/m0/s1. The molecule has 3 amide bonds. The Bertz CT molecular complexity index is 1280. The summed E-state index contributed by atoms with van der Waals surface area (Å²) < 4.78 is 5.45. The predicted octanol–water partition coefficient (Wildman–Crippen LogP) is 3.92. The molecule has 9 nitrogen and oxygen atoms in total. The summed E-state index contributed by atoms with van der Waals surface area (Å²) in [4.78, 5) is 44.6. The zero-order valence-corrected chi connectivity index (χ0v) is 22.4. The topological polar surface area (TPSA) is 127 Å². The Labute approximate surface area is 227 Å². The van der Waals surface area contributed by atoms with E-state index in [2.05, 4.69) is 21.7 Å². The lowest BCUT2D eigenvalue weighted by Crippen LogP contribution is -2.49. The minimum atomic E-state index is -0.796. The number of fused-ring (bicyclic) bond motifs is 1. The van der Waals surface area contributed by atoms with E-state index in [1.165, 1.54) is 7.11 Å². The Morgan fingerprint density at radius 1 is 1.29 bits per heavy atom. The predicted molar refractivity (Wildman–Crippen MR) is 143 cm³/mol. The van der Waals surface area contributed by atoms with Crippen LogP contribution in [0, 0.1) is 22.7 Å². The minimum absolute atomic E-state index is 0.0704. The summed E-state index contributed by atoms with van der Waals surface area (Å²) in [5.74, 6) is -0.475. The number of ether oxygens (including phenoxy) is 1. The number of halogens is 1. The maximum atomic E-state index is 13.9. The van der Waals surface area contributed by atoms with E-state index in [4.69, 9.17) is 16.3 Å². The Kier molecular flexibility index (Phi) is 7.53. The molecule has 202 valence electrons. The van der Waals surface area contributed by atoms with Gasteiger partial charge in [0.25, 0.3) is 5.91 Å². The van der Waals surface area contributed by atoms with Gasteiger partial charge in [-0.1, -0.05) is 30.9 Å². The van der Waals surface area contributed by atoms with Crippen LogP contribution in [-0.4, -0.2) is 59.9 Å². The fraction of sp³-hybridized carbons (Fsp3) is 0.571. The molecular weight excluding hydrogens is 506 g/mol. The van der Waals surface area contributed by atoms with Gasteiger partial charge in [-0.25, -0.2) is 0 Å². The number of rotatable bonds is 6. The van der Waals surface area contributed by atoms with E-state index in [1.54, 1.807) is 23.1 Å². The molecule has 3 aliphatic rings. The zero-order chi connectivity index (χ0) is 26.9. The van der Waals surface area contributed by atoms with Crippen LogP contribution in [0.3, 0.4) is 0 Å². The molecule has 3 atom stereocenters. The van der Waals surface area contributed by atoms with Crippen LogP contribution in [0.1, 0.15) is 68.3 Å². The molecule has 3 fully saturated rings. The van der Waals surface area contributed by atoms with Crippen LogP contribution in [0.25, 0.3) is 10.9 Å². The first-order chi connectivity index (χ1) is 18.3. The van der Waals surface area contributed by atoms with E-state index in [-0.39, 0.29) is 35.5 Å². The van der Waals surface area contributed by atoms with Gasteiger partial charge in [-0.05, 0) is 62.1 Å². The van der Waals surface area contributed by atoms with Crippen molar-refractivity contribution in [2.24, 2.45) is 11.3 Å². The van der Waals surface area contributed by atoms with Crippen LogP contribution in [0.4, 0.5) is 0 Å². The van der Waals surface area contributed by atoms with E-state index >= 15 is 0 Å². The molecular formula is C28H34ClN5O4. The molecule has 2 aromatic rings. The summed E-state index contributed by atoms with van der Waals surface area (Å²) in [6.45, 7) is 1.14. The van der Waals surface area contributed by atoms with Crippen molar-refractivity contribution in [2.45, 2.75) is 69.9 Å². The normalized spacial score (nSPS) is 23.6. The van der Waals surface area contributed by atoms with E-state index < -0.39 is 12.1 Å². The third kappa shape index (κ3) is 5.06. The lowest BCUT2D eigenvalue weighted by molar-refractivity contribution is -0.128. The molecule has 1 aliphatic carbocycles. The third-order valence-corrected chi connectivity index (χ3v) is 8.82. The average molecular weight is 540 g/mol. The number of benzene rings is 1. The maximum Gasteiger partial charge on any atom is 0.271 e. The summed E-state index contributed by atoms with van der Waals surface area (Å²) in [7, 11) is 1.53. The summed E-state index contributed by atoms with van der Waals surface area (Å²) in [5, 5.41) is 16.6. The quantitative estimate of drug-likeness (QED) is 0.512. The van der Waals surface area contributed by atoms with Crippen LogP contribution >= 0.6 is 11.6 Å². The van der Waals surface area contributed by atoms with Gasteiger partial charge in [0.15, 0.2) is 0 Å². The third-order valence-electron chi connectivity index (χ3n) is 8.52. The van der Waals surface area contributed by atoms with Crippen molar-refractivity contribution >= 4 is 40.2 Å². The minimum Gasteiger partial charge on any atom is -0.494 e. The zero-order valence-electron chi connectivity index (χ0n) is 21.6. The van der Waals surface area contributed by atoms with Gasteiger partial charge in [-0.3, -0.25) is 14.4 Å². The smallest absolute Gasteiger partial charge is 0.271 e. The van der Waals surface area contributed by atoms with Crippen LogP contribution in [0.15, 0.2) is 18.2 Å². The fourth-order valence-corrected chi connectivity index (χ4v) is 6.79. The first kappa shape index (κ1) is 26.4. The van der Waals surface area contributed by atoms with Gasteiger partial charge in [0.05, 0.1) is 18.2 Å². The van der Waals surface area contributed by atoms with Gasteiger partial charge in [0.2, 0.25) is 11.8 Å². The van der Waals surface area contributed by atoms with Crippen LogP contribution < -0.4 is 15.4 Å².